The molecule has 1 nitrogen and oxygen atoms in total. The smallest absolute Gasteiger partial charge is 0.139 e. The Hall–Kier alpha value is -0.630. The maximum absolute atomic E-state index is 12.4. The van der Waals surface area contributed by atoms with Gasteiger partial charge in [0.1, 0.15) is 5.78 Å². The highest BCUT2D eigenvalue weighted by molar-refractivity contribution is 9.10. The number of hydrogen-bond donors (Lipinski definition) is 0. The monoisotopic (exact) mass is 346 g/mol. The maximum atomic E-state index is 12.4. The first kappa shape index (κ1) is 14.0. The summed E-state index contributed by atoms with van der Waals surface area (Å²) in [5.41, 5.74) is 4.60. The van der Waals surface area contributed by atoms with Crippen LogP contribution in [0.25, 0.3) is 0 Å². The average Bonchev–Trinajstić information content (AvgIpc) is 2.78. The maximum Gasteiger partial charge on any atom is 0.139 e. The number of carbonyl (C=O) groups is 1. The highest BCUT2D eigenvalue weighted by Crippen LogP contribution is 2.60. The van der Waals surface area contributed by atoms with Crippen LogP contribution in [0, 0.1) is 24.2 Å². The third kappa shape index (κ3) is 1.84. The van der Waals surface area contributed by atoms with Crippen LogP contribution < -0.4 is 0 Å². The normalized spacial score (nSPS) is 37.9. The van der Waals surface area contributed by atoms with Gasteiger partial charge in [-0.3, -0.25) is 4.79 Å². The number of hydrogen-bond acceptors (Lipinski definition) is 1. The lowest BCUT2D eigenvalue weighted by atomic mass is 9.55. The lowest BCUT2D eigenvalue weighted by Gasteiger charge is -2.48. The molecule has 0 unspecified atom stereocenters. The van der Waals surface area contributed by atoms with Crippen LogP contribution in [0.3, 0.4) is 0 Å². The van der Waals surface area contributed by atoms with Crippen molar-refractivity contribution in [3.63, 3.8) is 0 Å². The van der Waals surface area contributed by atoms with Crippen LogP contribution in [0.2, 0.25) is 0 Å². The zero-order valence-corrected chi connectivity index (χ0v) is 14.5. The predicted octanol–water partition coefficient (Wildman–Crippen LogP) is 5.18. The highest BCUT2D eigenvalue weighted by Gasteiger charge is 2.54. The summed E-state index contributed by atoms with van der Waals surface area (Å²) in [5, 5.41) is 0. The molecule has 2 saturated carbocycles. The van der Waals surface area contributed by atoms with Crippen LogP contribution in [0.4, 0.5) is 0 Å². The molecule has 112 valence electrons. The largest absolute Gasteiger partial charge is 0.299 e. The molecule has 2 heteroatoms. The Labute approximate surface area is 135 Å². The zero-order chi connectivity index (χ0) is 14.8. The molecule has 0 spiro atoms. The van der Waals surface area contributed by atoms with Gasteiger partial charge in [0.15, 0.2) is 0 Å². The molecule has 0 radical (unpaired) electrons. The van der Waals surface area contributed by atoms with Crippen LogP contribution in [0.15, 0.2) is 16.6 Å². The third-order valence-electron chi connectivity index (χ3n) is 6.78. The summed E-state index contributed by atoms with van der Waals surface area (Å²) in [6.45, 7) is 4.50. The first-order chi connectivity index (χ1) is 10.0. The fraction of sp³-hybridized carbons (Fsp3) is 0.632. The first-order valence-electron chi connectivity index (χ1n) is 8.33. The van der Waals surface area contributed by atoms with Gasteiger partial charge in [-0.2, -0.15) is 0 Å². The molecule has 0 aromatic heterocycles. The van der Waals surface area contributed by atoms with E-state index in [2.05, 4.69) is 41.9 Å². The summed E-state index contributed by atoms with van der Waals surface area (Å²) in [5.74, 6) is 2.57. The Kier molecular flexibility index (Phi) is 3.12. The number of Topliss-reactive ketones (excluding diaryl/α,β-unsaturated/α-hetero) is 1. The summed E-state index contributed by atoms with van der Waals surface area (Å²) < 4.78 is 1.30. The minimum Gasteiger partial charge on any atom is -0.299 e. The van der Waals surface area contributed by atoms with E-state index in [1.807, 2.05) is 0 Å². The van der Waals surface area contributed by atoms with E-state index in [0.29, 0.717) is 17.6 Å². The fourth-order valence-electron chi connectivity index (χ4n) is 5.61. The molecule has 3 aliphatic rings. The van der Waals surface area contributed by atoms with Gasteiger partial charge in [-0.05, 0) is 79.5 Å². The second kappa shape index (κ2) is 4.68. The van der Waals surface area contributed by atoms with Gasteiger partial charge in [0.05, 0.1) is 0 Å². The Balaban J connectivity index is 1.79. The van der Waals surface area contributed by atoms with Gasteiger partial charge < -0.3 is 0 Å². The van der Waals surface area contributed by atoms with Crippen molar-refractivity contribution in [2.45, 2.75) is 58.3 Å². The van der Waals surface area contributed by atoms with E-state index in [0.717, 1.165) is 25.2 Å². The molecule has 0 N–H and O–H groups in total. The van der Waals surface area contributed by atoms with Crippen LogP contribution in [-0.4, -0.2) is 5.78 Å². The van der Waals surface area contributed by atoms with Crippen molar-refractivity contribution in [1.29, 1.82) is 0 Å². The number of rotatable bonds is 0. The van der Waals surface area contributed by atoms with E-state index >= 15 is 0 Å². The van der Waals surface area contributed by atoms with Gasteiger partial charge >= 0.3 is 0 Å². The molecular formula is C19H23BrO. The van der Waals surface area contributed by atoms with Crippen molar-refractivity contribution in [2.75, 3.05) is 0 Å². The van der Waals surface area contributed by atoms with Crippen molar-refractivity contribution < 1.29 is 4.79 Å². The van der Waals surface area contributed by atoms with Gasteiger partial charge in [0.25, 0.3) is 0 Å². The Morgan fingerprint density at radius 1 is 1.19 bits per heavy atom. The Morgan fingerprint density at radius 2 is 2.00 bits per heavy atom. The van der Waals surface area contributed by atoms with Gasteiger partial charge in [-0.1, -0.05) is 28.9 Å². The predicted molar refractivity (Wildman–Crippen MR) is 88.5 cm³/mol. The highest BCUT2D eigenvalue weighted by atomic mass is 79.9. The molecule has 1 aromatic carbocycles. The lowest BCUT2D eigenvalue weighted by molar-refractivity contribution is -0.129. The molecule has 4 rings (SSSR count). The Bertz CT molecular complexity index is 620. The molecule has 0 amide bonds. The topological polar surface area (TPSA) is 17.1 Å². The lowest BCUT2D eigenvalue weighted by Crippen LogP contribution is -2.42. The zero-order valence-electron chi connectivity index (χ0n) is 12.9. The van der Waals surface area contributed by atoms with Crippen molar-refractivity contribution in [3.8, 4) is 0 Å². The molecule has 0 saturated heterocycles. The molecular weight excluding hydrogens is 324 g/mol. The average molecular weight is 347 g/mol. The number of ketones is 1. The van der Waals surface area contributed by atoms with Crippen molar-refractivity contribution in [2.24, 2.45) is 17.3 Å². The molecule has 0 bridgehead atoms. The van der Waals surface area contributed by atoms with E-state index < -0.39 is 0 Å². The fourth-order valence-corrected chi connectivity index (χ4v) is 6.27. The number of carbonyl (C=O) groups excluding carboxylic acids is 1. The SMILES string of the molecule is Cc1ccc(Br)c2c1CC[C@@H]1[C@@H]2CC[C@]2(C)C(=O)CC[C@@H]12. The number of benzene rings is 1. The standard InChI is InChI=1S/C19H23BrO/c1-11-3-7-16(20)18-12(11)4-5-13-14(18)9-10-19(2)15(13)6-8-17(19)21/h3,7,13-15H,4-6,8-10H2,1-2H3/t13-,14+,15+,19+/m1/s1. The van der Waals surface area contributed by atoms with Crippen molar-refractivity contribution >= 4 is 21.7 Å². The summed E-state index contributed by atoms with van der Waals surface area (Å²) in [6, 6.07) is 4.47. The summed E-state index contributed by atoms with van der Waals surface area (Å²) in [7, 11) is 0. The second-order valence-electron chi connectivity index (χ2n) is 7.59. The minimum absolute atomic E-state index is 0.00499. The number of fused-ring (bicyclic) bond motifs is 5. The van der Waals surface area contributed by atoms with Gasteiger partial charge in [-0.15, -0.1) is 0 Å². The molecule has 0 aliphatic heterocycles. The second-order valence-corrected chi connectivity index (χ2v) is 8.44. The number of aryl methyl sites for hydroxylation is 1. The van der Waals surface area contributed by atoms with Gasteiger partial charge in [-0.25, -0.2) is 0 Å². The first-order valence-corrected chi connectivity index (χ1v) is 9.13. The van der Waals surface area contributed by atoms with Crippen LogP contribution in [-0.2, 0) is 11.2 Å². The van der Waals surface area contributed by atoms with Crippen LogP contribution in [0.1, 0.15) is 61.6 Å². The summed E-state index contributed by atoms with van der Waals surface area (Å²) in [6.07, 6.45) is 6.72. The van der Waals surface area contributed by atoms with E-state index in [4.69, 9.17) is 0 Å². The molecule has 1 aromatic rings. The Morgan fingerprint density at radius 3 is 2.81 bits per heavy atom. The molecule has 2 fully saturated rings. The molecule has 3 aliphatic carbocycles. The minimum atomic E-state index is -0.00499. The summed E-state index contributed by atoms with van der Waals surface area (Å²) >= 11 is 3.81. The van der Waals surface area contributed by atoms with Gasteiger partial charge in [0, 0.05) is 16.3 Å². The third-order valence-corrected chi connectivity index (χ3v) is 7.47. The van der Waals surface area contributed by atoms with E-state index in [1.165, 1.54) is 29.3 Å². The van der Waals surface area contributed by atoms with Crippen LogP contribution in [0.5, 0.6) is 0 Å². The molecule has 0 heterocycles. The van der Waals surface area contributed by atoms with Crippen molar-refractivity contribution in [3.05, 3.63) is 33.3 Å². The van der Waals surface area contributed by atoms with E-state index in [1.54, 1.807) is 11.1 Å². The van der Waals surface area contributed by atoms with Crippen molar-refractivity contribution in [1.82, 2.24) is 0 Å². The van der Waals surface area contributed by atoms with Crippen LogP contribution >= 0.6 is 15.9 Å². The van der Waals surface area contributed by atoms with E-state index in [9.17, 15) is 4.79 Å². The van der Waals surface area contributed by atoms with E-state index in [-0.39, 0.29) is 5.41 Å². The van der Waals surface area contributed by atoms with Gasteiger partial charge in [0.2, 0.25) is 0 Å². The summed E-state index contributed by atoms with van der Waals surface area (Å²) in [4.78, 5) is 12.4. The quantitative estimate of drug-likeness (QED) is 0.632. The number of halogens is 1. The molecule has 21 heavy (non-hydrogen) atoms. The molecule has 4 atom stereocenters.